The van der Waals surface area contributed by atoms with Crippen molar-refractivity contribution >= 4 is 33.9 Å². The van der Waals surface area contributed by atoms with E-state index >= 15 is 0 Å². The molecule has 1 rings (SSSR count). The number of carbonyl (C=O) groups excluding carboxylic acids is 1. The summed E-state index contributed by atoms with van der Waals surface area (Å²) in [6.07, 6.45) is 2.38. The Hall–Kier alpha value is -1.82. The van der Waals surface area contributed by atoms with Gasteiger partial charge in [-0.15, -0.1) is 0 Å². The molecule has 18 heavy (non-hydrogen) atoms. The average Bonchev–Trinajstić information content (AvgIpc) is 2.34. The fraction of sp³-hybridized carbons (Fsp3) is 0.167. The molecule has 0 unspecified atom stereocenters. The van der Waals surface area contributed by atoms with Gasteiger partial charge in [-0.1, -0.05) is 12.1 Å². The molecule has 1 aromatic rings. The van der Waals surface area contributed by atoms with Crippen molar-refractivity contribution in [2.24, 2.45) is 0 Å². The van der Waals surface area contributed by atoms with Crippen LogP contribution in [0.5, 0.6) is 5.75 Å². The van der Waals surface area contributed by atoms with Crippen molar-refractivity contribution in [3.05, 3.63) is 34.3 Å². The van der Waals surface area contributed by atoms with Gasteiger partial charge in [-0.2, -0.15) is 0 Å². The number of aliphatic carboxylic acids is 1. The molecule has 1 aromatic carbocycles. The average molecular weight is 315 g/mol. The molecule has 0 spiro atoms. The molecule has 0 fully saturated rings. The molecule has 96 valence electrons. The van der Waals surface area contributed by atoms with Crippen molar-refractivity contribution in [2.75, 3.05) is 13.7 Å². The normalized spacial score (nSPS) is 10.3. The zero-order chi connectivity index (χ0) is 13.5. The standard InChI is InChI=1S/C12H11BrO5/c1-17-11(16)7-18-12-8(5-6-10(14)15)3-2-4-9(12)13/h2-6H,7H2,1H3,(H,14,15)/b6-5+. The lowest BCUT2D eigenvalue weighted by Crippen LogP contribution is -2.13. The lowest BCUT2D eigenvalue weighted by Gasteiger charge is -2.09. The number of carbonyl (C=O) groups is 2. The maximum atomic E-state index is 11.0. The van der Waals surface area contributed by atoms with Gasteiger partial charge in [0.05, 0.1) is 11.6 Å². The second kappa shape index (κ2) is 6.80. The Kier molecular flexibility index (Phi) is 5.38. The first-order valence-corrected chi connectivity index (χ1v) is 5.73. The Labute approximate surface area is 112 Å². The molecule has 0 amide bonds. The highest BCUT2D eigenvalue weighted by Crippen LogP contribution is 2.30. The van der Waals surface area contributed by atoms with Crippen LogP contribution in [0.2, 0.25) is 0 Å². The largest absolute Gasteiger partial charge is 0.480 e. The Morgan fingerprint density at radius 2 is 2.17 bits per heavy atom. The van der Waals surface area contributed by atoms with Crippen LogP contribution in [0.25, 0.3) is 6.08 Å². The molecular weight excluding hydrogens is 304 g/mol. The molecular formula is C12H11BrO5. The summed E-state index contributed by atoms with van der Waals surface area (Å²) in [5.74, 6) is -1.19. The first kappa shape index (κ1) is 14.2. The number of hydrogen-bond donors (Lipinski definition) is 1. The Morgan fingerprint density at radius 3 is 2.78 bits per heavy atom. The number of para-hydroxylation sites is 1. The van der Waals surface area contributed by atoms with Gasteiger partial charge in [0, 0.05) is 11.6 Å². The van der Waals surface area contributed by atoms with Crippen molar-refractivity contribution in [3.63, 3.8) is 0 Å². The van der Waals surface area contributed by atoms with E-state index in [4.69, 9.17) is 9.84 Å². The Balaban J connectivity index is 2.93. The second-order valence-electron chi connectivity index (χ2n) is 3.19. The van der Waals surface area contributed by atoms with Gasteiger partial charge < -0.3 is 14.6 Å². The van der Waals surface area contributed by atoms with E-state index in [1.165, 1.54) is 13.2 Å². The van der Waals surface area contributed by atoms with Gasteiger partial charge in [0.25, 0.3) is 0 Å². The van der Waals surface area contributed by atoms with Crippen molar-refractivity contribution < 1.29 is 24.2 Å². The van der Waals surface area contributed by atoms with Gasteiger partial charge in [-0.05, 0) is 28.1 Å². The number of carboxylic acid groups (broad SMARTS) is 1. The van der Waals surface area contributed by atoms with E-state index < -0.39 is 11.9 Å². The molecule has 0 aliphatic carbocycles. The quantitative estimate of drug-likeness (QED) is 0.665. The fourth-order valence-corrected chi connectivity index (χ4v) is 1.66. The van der Waals surface area contributed by atoms with Crippen LogP contribution in [-0.2, 0) is 14.3 Å². The molecule has 0 saturated carbocycles. The molecule has 0 aliphatic rings. The number of rotatable bonds is 5. The first-order chi connectivity index (χ1) is 8.54. The first-order valence-electron chi connectivity index (χ1n) is 4.93. The van der Waals surface area contributed by atoms with Gasteiger partial charge in [0.1, 0.15) is 5.75 Å². The van der Waals surface area contributed by atoms with Gasteiger partial charge in [-0.25, -0.2) is 9.59 Å². The van der Waals surface area contributed by atoms with Crippen molar-refractivity contribution in [2.45, 2.75) is 0 Å². The maximum absolute atomic E-state index is 11.0. The zero-order valence-corrected chi connectivity index (χ0v) is 11.1. The van der Waals surface area contributed by atoms with E-state index in [9.17, 15) is 9.59 Å². The van der Waals surface area contributed by atoms with E-state index in [1.807, 2.05) is 0 Å². The zero-order valence-electron chi connectivity index (χ0n) is 9.55. The van der Waals surface area contributed by atoms with Crippen molar-refractivity contribution in [1.82, 2.24) is 0 Å². The summed E-state index contributed by atoms with van der Waals surface area (Å²) in [5, 5.41) is 8.58. The Bertz CT molecular complexity index is 481. The molecule has 0 bridgehead atoms. The van der Waals surface area contributed by atoms with Crippen LogP contribution >= 0.6 is 15.9 Å². The third-order valence-corrected chi connectivity index (χ3v) is 2.59. The lowest BCUT2D eigenvalue weighted by molar-refractivity contribution is -0.143. The number of methoxy groups -OCH3 is 1. The van der Waals surface area contributed by atoms with E-state index in [1.54, 1.807) is 18.2 Å². The summed E-state index contributed by atoms with van der Waals surface area (Å²) < 4.78 is 10.4. The SMILES string of the molecule is COC(=O)COc1c(Br)cccc1/C=C/C(=O)O. The Morgan fingerprint density at radius 1 is 1.44 bits per heavy atom. The predicted molar refractivity (Wildman–Crippen MR) is 68.3 cm³/mol. The third-order valence-electron chi connectivity index (χ3n) is 1.96. The number of benzene rings is 1. The number of hydrogen-bond acceptors (Lipinski definition) is 4. The van der Waals surface area contributed by atoms with Gasteiger partial charge in [0.15, 0.2) is 6.61 Å². The van der Waals surface area contributed by atoms with Crippen LogP contribution in [0.4, 0.5) is 0 Å². The summed E-state index contributed by atoms with van der Waals surface area (Å²) in [7, 11) is 1.26. The third kappa shape index (κ3) is 4.21. The summed E-state index contributed by atoms with van der Waals surface area (Å²) in [4.78, 5) is 21.5. The maximum Gasteiger partial charge on any atom is 0.343 e. The molecule has 0 saturated heterocycles. The summed E-state index contributed by atoms with van der Waals surface area (Å²) in [6.45, 7) is -0.243. The minimum Gasteiger partial charge on any atom is -0.480 e. The molecule has 0 radical (unpaired) electrons. The van der Waals surface area contributed by atoms with Gasteiger partial charge in [0.2, 0.25) is 0 Å². The molecule has 0 atom stereocenters. The highest BCUT2D eigenvalue weighted by atomic mass is 79.9. The van der Waals surface area contributed by atoms with Crippen molar-refractivity contribution in [3.8, 4) is 5.75 Å². The van der Waals surface area contributed by atoms with Crippen LogP contribution in [0.3, 0.4) is 0 Å². The van der Waals surface area contributed by atoms with Gasteiger partial charge >= 0.3 is 11.9 Å². The number of ether oxygens (including phenoxy) is 2. The van der Waals surface area contributed by atoms with E-state index in [0.717, 1.165) is 6.08 Å². The monoisotopic (exact) mass is 314 g/mol. The highest BCUT2D eigenvalue weighted by molar-refractivity contribution is 9.10. The van der Waals surface area contributed by atoms with Crippen LogP contribution in [0, 0.1) is 0 Å². The van der Waals surface area contributed by atoms with Crippen LogP contribution in [0.1, 0.15) is 5.56 Å². The second-order valence-corrected chi connectivity index (χ2v) is 4.05. The number of carboxylic acids is 1. The molecule has 0 aliphatic heterocycles. The summed E-state index contributed by atoms with van der Waals surface area (Å²) in [6, 6.07) is 5.14. The summed E-state index contributed by atoms with van der Waals surface area (Å²) in [5.41, 5.74) is 0.552. The van der Waals surface area contributed by atoms with E-state index in [-0.39, 0.29) is 6.61 Å². The van der Waals surface area contributed by atoms with E-state index in [0.29, 0.717) is 15.8 Å². The fourth-order valence-electron chi connectivity index (χ4n) is 1.16. The van der Waals surface area contributed by atoms with Crippen molar-refractivity contribution in [1.29, 1.82) is 0 Å². The minimum atomic E-state index is -1.06. The van der Waals surface area contributed by atoms with Crippen LogP contribution in [-0.4, -0.2) is 30.8 Å². The molecule has 5 nitrogen and oxygen atoms in total. The lowest BCUT2D eigenvalue weighted by atomic mass is 10.2. The van der Waals surface area contributed by atoms with E-state index in [2.05, 4.69) is 20.7 Å². The molecule has 0 heterocycles. The van der Waals surface area contributed by atoms with Gasteiger partial charge in [-0.3, -0.25) is 0 Å². The number of esters is 1. The molecule has 1 N–H and O–H groups in total. The predicted octanol–water partition coefficient (Wildman–Crippen LogP) is 2.10. The smallest absolute Gasteiger partial charge is 0.343 e. The van der Waals surface area contributed by atoms with Crippen LogP contribution in [0.15, 0.2) is 28.7 Å². The molecule has 0 aromatic heterocycles. The minimum absolute atomic E-state index is 0.243. The summed E-state index contributed by atoms with van der Waals surface area (Å²) >= 11 is 3.27. The topological polar surface area (TPSA) is 72.8 Å². The highest BCUT2D eigenvalue weighted by Gasteiger charge is 2.09. The van der Waals surface area contributed by atoms with Crippen LogP contribution < -0.4 is 4.74 Å². The number of halogens is 1. The molecule has 6 heteroatoms.